The van der Waals surface area contributed by atoms with Crippen molar-refractivity contribution in [2.45, 2.75) is 70.1 Å². The largest absolute Gasteiger partial charge is 0.342 e. The molecule has 1 fully saturated rings. The summed E-state index contributed by atoms with van der Waals surface area (Å²) in [7, 11) is 1.92. The Morgan fingerprint density at radius 1 is 1.37 bits per heavy atom. The second-order valence-corrected chi connectivity index (χ2v) is 9.61. The van der Waals surface area contributed by atoms with E-state index in [-0.39, 0.29) is 11.5 Å². The lowest BCUT2D eigenvalue weighted by molar-refractivity contribution is -0.129. The van der Waals surface area contributed by atoms with Crippen LogP contribution >= 0.6 is 23.1 Å². The summed E-state index contributed by atoms with van der Waals surface area (Å²) in [6, 6.07) is 2.25. The number of rotatable bonds is 7. The zero-order valence-corrected chi connectivity index (χ0v) is 18.1. The van der Waals surface area contributed by atoms with E-state index in [1.54, 1.807) is 4.57 Å². The molecule has 2 aromatic rings. The molecule has 0 spiro atoms. The molecule has 27 heavy (non-hydrogen) atoms. The van der Waals surface area contributed by atoms with Crippen molar-refractivity contribution in [2.24, 2.45) is 5.92 Å². The van der Waals surface area contributed by atoms with Crippen LogP contribution in [-0.2, 0) is 11.3 Å². The van der Waals surface area contributed by atoms with E-state index in [1.807, 2.05) is 23.4 Å². The first kappa shape index (κ1) is 20.4. The first-order valence-corrected chi connectivity index (χ1v) is 11.7. The van der Waals surface area contributed by atoms with E-state index in [1.165, 1.54) is 42.4 Å². The highest BCUT2D eigenvalue weighted by Gasteiger charge is 2.23. The van der Waals surface area contributed by atoms with Crippen LogP contribution in [0.3, 0.4) is 0 Å². The molecule has 2 aromatic heterocycles. The van der Waals surface area contributed by atoms with E-state index in [4.69, 9.17) is 0 Å². The summed E-state index contributed by atoms with van der Waals surface area (Å²) in [5.74, 6) is 0.964. The van der Waals surface area contributed by atoms with Crippen molar-refractivity contribution in [1.82, 2.24) is 14.5 Å². The van der Waals surface area contributed by atoms with E-state index >= 15 is 0 Å². The van der Waals surface area contributed by atoms with Crippen molar-refractivity contribution in [3.05, 3.63) is 21.8 Å². The number of thiophene rings is 1. The summed E-state index contributed by atoms with van der Waals surface area (Å²) in [6.07, 6.45) is 6.82. The number of thioether (sulfide) groups is 1. The second kappa shape index (κ2) is 9.24. The maximum Gasteiger partial charge on any atom is 0.272 e. The topological polar surface area (TPSA) is 55.2 Å². The van der Waals surface area contributed by atoms with Gasteiger partial charge in [0, 0.05) is 19.6 Å². The summed E-state index contributed by atoms with van der Waals surface area (Å²) >= 11 is 2.84. The summed E-state index contributed by atoms with van der Waals surface area (Å²) in [6.45, 7) is 4.95. The molecular weight excluding hydrogens is 378 g/mol. The molecule has 0 saturated heterocycles. The summed E-state index contributed by atoms with van der Waals surface area (Å²) < 4.78 is 2.46. The van der Waals surface area contributed by atoms with Crippen LogP contribution < -0.4 is 5.56 Å². The van der Waals surface area contributed by atoms with Crippen molar-refractivity contribution in [3.8, 4) is 0 Å². The minimum Gasteiger partial charge on any atom is -0.342 e. The smallest absolute Gasteiger partial charge is 0.272 e. The Bertz CT molecular complexity index is 837. The van der Waals surface area contributed by atoms with E-state index in [9.17, 15) is 9.59 Å². The molecule has 0 N–H and O–H groups in total. The highest BCUT2D eigenvalue weighted by atomic mass is 32.2. The standard InChI is InChI=1S/C20H29N3O2S2/c1-14(2)9-11-23-19(25)18-16(10-12-26-18)21-20(23)27-13-17(24)22(3)15-7-5-4-6-8-15/h10,12,14-15H,4-9,11,13H2,1-3H3. The molecule has 0 aromatic carbocycles. The summed E-state index contributed by atoms with van der Waals surface area (Å²) in [5.41, 5.74) is 0.757. The molecule has 1 saturated carbocycles. The van der Waals surface area contributed by atoms with E-state index in [0.717, 1.165) is 24.8 Å². The van der Waals surface area contributed by atoms with Gasteiger partial charge in [-0.3, -0.25) is 14.2 Å². The zero-order chi connectivity index (χ0) is 19.4. The van der Waals surface area contributed by atoms with E-state index < -0.39 is 0 Å². The van der Waals surface area contributed by atoms with Gasteiger partial charge < -0.3 is 4.90 Å². The Hall–Kier alpha value is -1.34. The Morgan fingerprint density at radius 2 is 2.11 bits per heavy atom. The van der Waals surface area contributed by atoms with Crippen molar-refractivity contribution >= 4 is 39.2 Å². The van der Waals surface area contributed by atoms with Crippen LogP contribution in [0.4, 0.5) is 0 Å². The number of carbonyl (C=O) groups excluding carboxylic acids is 1. The monoisotopic (exact) mass is 407 g/mol. The lowest BCUT2D eigenvalue weighted by Crippen LogP contribution is -2.39. The Kier molecular flexibility index (Phi) is 6.98. The maximum atomic E-state index is 12.9. The van der Waals surface area contributed by atoms with Crippen molar-refractivity contribution < 1.29 is 4.79 Å². The second-order valence-electron chi connectivity index (χ2n) is 7.75. The van der Waals surface area contributed by atoms with Gasteiger partial charge in [0.05, 0.1) is 11.3 Å². The van der Waals surface area contributed by atoms with Crippen LogP contribution in [0, 0.1) is 5.92 Å². The molecule has 0 atom stereocenters. The van der Waals surface area contributed by atoms with Crippen molar-refractivity contribution in [2.75, 3.05) is 12.8 Å². The number of nitrogens with zero attached hydrogens (tertiary/aromatic N) is 3. The third-order valence-electron chi connectivity index (χ3n) is 5.30. The number of aromatic nitrogens is 2. The molecular formula is C20H29N3O2S2. The number of carbonyl (C=O) groups is 1. The Morgan fingerprint density at radius 3 is 2.81 bits per heavy atom. The molecule has 3 rings (SSSR count). The molecule has 2 heterocycles. The summed E-state index contributed by atoms with van der Waals surface area (Å²) in [4.78, 5) is 32.1. The van der Waals surface area contributed by atoms with E-state index in [2.05, 4.69) is 18.8 Å². The lowest BCUT2D eigenvalue weighted by Gasteiger charge is -2.31. The minimum atomic E-state index is 0.0197. The molecule has 1 amide bonds. The molecule has 0 radical (unpaired) electrons. The molecule has 5 nitrogen and oxygen atoms in total. The van der Waals surface area contributed by atoms with Gasteiger partial charge in [-0.05, 0) is 36.6 Å². The quantitative estimate of drug-likeness (QED) is 0.505. The van der Waals surface area contributed by atoms with Gasteiger partial charge in [0.25, 0.3) is 5.56 Å². The van der Waals surface area contributed by atoms with Gasteiger partial charge in [-0.1, -0.05) is 44.9 Å². The number of hydrogen-bond donors (Lipinski definition) is 0. The van der Waals surface area contributed by atoms with E-state index in [0.29, 0.717) is 34.1 Å². The van der Waals surface area contributed by atoms with Crippen molar-refractivity contribution in [3.63, 3.8) is 0 Å². The molecule has 0 unspecified atom stereocenters. The Balaban J connectivity index is 1.75. The number of amides is 1. The Labute approximate surface area is 169 Å². The van der Waals surface area contributed by atoms with Crippen LogP contribution in [0.15, 0.2) is 21.4 Å². The number of hydrogen-bond acceptors (Lipinski definition) is 5. The molecule has 1 aliphatic carbocycles. The van der Waals surface area contributed by atoms with Crippen LogP contribution in [-0.4, -0.2) is 39.2 Å². The molecule has 0 aliphatic heterocycles. The van der Waals surface area contributed by atoms with Gasteiger partial charge in [-0.15, -0.1) is 11.3 Å². The van der Waals surface area contributed by atoms with Gasteiger partial charge in [0.15, 0.2) is 5.16 Å². The number of fused-ring (bicyclic) bond motifs is 1. The predicted molar refractivity (Wildman–Crippen MR) is 114 cm³/mol. The van der Waals surface area contributed by atoms with Crippen LogP contribution in [0.2, 0.25) is 0 Å². The van der Waals surface area contributed by atoms with Crippen LogP contribution in [0.1, 0.15) is 52.4 Å². The first-order chi connectivity index (χ1) is 13.0. The fourth-order valence-electron chi connectivity index (χ4n) is 3.52. The van der Waals surface area contributed by atoms with Gasteiger partial charge in [0.2, 0.25) is 5.91 Å². The normalized spacial score (nSPS) is 15.6. The lowest BCUT2D eigenvalue weighted by atomic mass is 9.94. The van der Waals surface area contributed by atoms with Gasteiger partial charge in [0.1, 0.15) is 4.70 Å². The minimum absolute atomic E-state index is 0.0197. The predicted octanol–water partition coefficient (Wildman–Crippen LogP) is 4.39. The fraction of sp³-hybridized carbons (Fsp3) is 0.650. The average Bonchev–Trinajstić information content (AvgIpc) is 3.14. The third-order valence-corrected chi connectivity index (χ3v) is 7.15. The zero-order valence-electron chi connectivity index (χ0n) is 16.4. The highest BCUT2D eigenvalue weighted by molar-refractivity contribution is 7.99. The highest BCUT2D eigenvalue weighted by Crippen LogP contribution is 2.24. The molecule has 1 aliphatic rings. The van der Waals surface area contributed by atoms with Gasteiger partial charge in [-0.25, -0.2) is 4.98 Å². The third kappa shape index (κ3) is 4.93. The average molecular weight is 408 g/mol. The first-order valence-electron chi connectivity index (χ1n) is 9.84. The molecule has 148 valence electrons. The van der Waals surface area contributed by atoms with Crippen LogP contribution in [0.25, 0.3) is 10.2 Å². The van der Waals surface area contributed by atoms with Gasteiger partial charge >= 0.3 is 0 Å². The molecule has 7 heteroatoms. The molecule has 0 bridgehead atoms. The van der Waals surface area contributed by atoms with Crippen LogP contribution in [0.5, 0.6) is 0 Å². The fourth-order valence-corrected chi connectivity index (χ4v) is 5.25. The maximum absolute atomic E-state index is 12.9. The van der Waals surface area contributed by atoms with Crippen molar-refractivity contribution in [1.29, 1.82) is 0 Å². The summed E-state index contributed by atoms with van der Waals surface area (Å²) in [5, 5.41) is 2.57. The SMILES string of the molecule is CC(C)CCn1c(SCC(=O)N(C)C2CCCCC2)nc2ccsc2c1=O. The van der Waals surface area contributed by atoms with Gasteiger partial charge in [-0.2, -0.15) is 0 Å².